The van der Waals surface area contributed by atoms with Crippen LogP contribution in [0.1, 0.15) is 46.4 Å². The summed E-state index contributed by atoms with van der Waals surface area (Å²) in [5.74, 6) is 0. The van der Waals surface area contributed by atoms with Crippen molar-refractivity contribution in [2.24, 2.45) is 0 Å². The lowest BCUT2D eigenvalue weighted by Gasteiger charge is -2.32. The first kappa shape index (κ1) is 22.0. The summed E-state index contributed by atoms with van der Waals surface area (Å²) in [4.78, 5) is 7.63. The highest BCUT2D eigenvalue weighted by Gasteiger charge is 2.34. The molecule has 2 heterocycles. The van der Waals surface area contributed by atoms with E-state index in [0.717, 1.165) is 47.0 Å². The molecule has 0 amide bonds. The molecular weight excluding hydrogens is 424 g/mol. The summed E-state index contributed by atoms with van der Waals surface area (Å²) in [6, 6.07) is 12.4. The minimum absolute atomic E-state index is 0.324. The van der Waals surface area contributed by atoms with Crippen LogP contribution in [-0.4, -0.2) is 31.7 Å². The molecule has 0 atom stereocenters. The maximum atomic E-state index is 13.4. The van der Waals surface area contributed by atoms with Crippen molar-refractivity contribution in [3.63, 3.8) is 0 Å². The summed E-state index contributed by atoms with van der Waals surface area (Å²) in [6.07, 6.45) is 2.11. The molecule has 4 rings (SSSR count). The average molecular weight is 455 g/mol. The topological polar surface area (TPSA) is 50.3 Å². The predicted molar refractivity (Wildman–Crippen MR) is 129 cm³/mol. The van der Waals surface area contributed by atoms with Crippen molar-refractivity contribution < 1.29 is 8.42 Å². The monoisotopic (exact) mass is 454 g/mol. The van der Waals surface area contributed by atoms with Gasteiger partial charge in [-0.15, -0.1) is 11.3 Å². The molecule has 2 aromatic carbocycles. The van der Waals surface area contributed by atoms with Gasteiger partial charge in [0.1, 0.15) is 0 Å². The lowest BCUT2D eigenvalue weighted by atomic mass is 10.1. The summed E-state index contributed by atoms with van der Waals surface area (Å²) >= 11 is 1.66. The van der Waals surface area contributed by atoms with Crippen LogP contribution in [0.4, 0.5) is 5.13 Å². The molecule has 1 aliphatic rings. The van der Waals surface area contributed by atoms with Crippen LogP contribution in [0.2, 0.25) is 0 Å². The first-order valence-electron chi connectivity index (χ1n) is 10.8. The number of piperidine rings is 1. The molecule has 0 N–H and O–H groups in total. The normalized spacial score (nSPS) is 15.4. The largest absolute Gasteiger partial charge is 0.348 e. The summed E-state index contributed by atoms with van der Waals surface area (Å²) in [5.41, 5.74) is 6.49. The van der Waals surface area contributed by atoms with Gasteiger partial charge in [0.2, 0.25) is 0 Å². The minimum Gasteiger partial charge on any atom is -0.348 e. The Morgan fingerprint density at radius 3 is 2.29 bits per heavy atom. The van der Waals surface area contributed by atoms with Crippen LogP contribution in [0.25, 0.3) is 0 Å². The summed E-state index contributed by atoms with van der Waals surface area (Å²) in [6.45, 7) is 9.42. The number of aryl methyl sites for hydroxylation is 4. The molecular formula is C25H30N2O2S2. The number of rotatable bonds is 5. The fourth-order valence-corrected chi connectivity index (χ4v) is 7.73. The second-order valence-electron chi connectivity index (χ2n) is 8.68. The second kappa shape index (κ2) is 8.75. The van der Waals surface area contributed by atoms with Crippen LogP contribution in [0, 0.1) is 27.7 Å². The number of aromatic nitrogens is 1. The van der Waals surface area contributed by atoms with E-state index >= 15 is 0 Å². The van der Waals surface area contributed by atoms with E-state index in [2.05, 4.69) is 41.5 Å². The fourth-order valence-electron chi connectivity index (χ4n) is 4.67. The van der Waals surface area contributed by atoms with Gasteiger partial charge in [0.25, 0.3) is 0 Å². The van der Waals surface area contributed by atoms with E-state index in [1.54, 1.807) is 11.3 Å². The minimum atomic E-state index is -3.33. The SMILES string of the molecule is Cc1cc(C)c(S(=O)(=O)C2CCN(c3nc(Cc4ccccc4C)cs3)CC2)c(C)c1. The third kappa shape index (κ3) is 4.55. The third-order valence-corrected chi connectivity index (χ3v) is 9.73. The van der Waals surface area contributed by atoms with Gasteiger partial charge in [-0.1, -0.05) is 42.0 Å². The lowest BCUT2D eigenvalue weighted by molar-refractivity contribution is 0.528. The van der Waals surface area contributed by atoms with Crippen molar-refractivity contribution in [1.29, 1.82) is 0 Å². The van der Waals surface area contributed by atoms with Crippen molar-refractivity contribution >= 4 is 26.3 Å². The molecule has 164 valence electrons. The molecule has 0 saturated carbocycles. The number of hydrogen-bond acceptors (Lipinski definition) is 5. The van der Waals surface area contributed by atoms with Gasteiger partial charge in [0, 0.05) is 24.9 Å². The highest BCUT2D eigenvalue weighted by atomic mass is 32.2. The smallest absolute Gasteiger partial charge is 0.185 e. The highest BCUT2D eigenvalue weighted by Crippen LogP contribution is 2.32. The van der Waals surface area contributed by atoms with Crippen molar-refractivity contribution in [3.8, 4) is 0 Å². The van der Waals surface area contributed by atoms with E-state index in [-0.39, 0.29) is 5.25 Å². The van der Waals surface area contributed by atoms with Gasteiger partial charge in [-0.3, -0.25) is 0 Å². The number of nitrogens with zero attached hydrogens (tertiary/aromatic N) is 2. The molecule has 1 saturated heterocycles. The molecule has 0 aliphatic carbocycles. The average Bonchev–Trinajstić information content (AvgIpc) is 3.17. The Balaban J connectivity index is 1.45. The molecule has 31 heavy (non-hydrogen) atoms. The van der Waals surface area contributed by atoms with Crippen LogP contribution in [0.5, 0.6) is 0 Å². The Morgan fingerprint density at radius 1 is 1.00 bits per heavy atom. The highest BCUT2D eigenvalue weighted by molar-refractivity contribution is 7.92. The molecule has 0 unspecified atom stereocenters. The molecule has 1 fully saturated rings. The zero-order chi connectivity index (χ0) is 22.2. The number of benzene rings is 2. The van der Waals surface area contributed by atoms with Crippen LogP contribution >= 0.6 is 11.3 Å². The Labute approximate surface area is 189 Å². The number of anilines is 1. The molecule has 1 aromatic heterocycles. The Hall–Kier alpha value is -2.18. The summed E-state index contributed by atoms with van der Waals surface area (Å²) < 4.78 is 26.8. The lowest BCUT2D eigenvalue weighted by Crippen LogP contribution is -2.39. The van der Waals surface area contributed by atoms with Crippen LogP contribution in [0.15, 0.2) is 46.7 Å². The first-order valence-corrected chi connectivity index (χ1v) is 13.2. The van der Waals surface area contributed by atoms with Gasteiger partial charge in [-0.25, -0.2) is 13.4 Å². The predicted octanol–water partition coefficient (Wildman–Crippen LogP) is 5.41. The van der Waals surface area contributed by atoms with E-state index in [9.17, 15) is 8.42 Å². The van der Waals surface area contributed by atoms with Crippen molar-refractivity contribution in [1.82, 2.24) is 4.98 Å². The number of thiazole rings is 1. The molecule has 3 aromatic rings. The quantitative estimate of drug-likeness (QED) is 0.517. The van der Waals surface area contributed by atoms with Crippen molar-refractivity contribution in [2.45, 2.75) is 57.1 Å². The molecule has 0 radical (unpaired) electrons. The van der Waals surface area contributed by atoms with Crippen LogP contribution < -0.4 is 4.90 Å². The number of hydrogen-bond donors (Lipinski definition) is 0. The van der Waals surface area contributed by atoms with Gasteiger partial charge in [0.05, 0.1) is 15.8 Å². The van der Waals surface area contributed by atoms with Gasteiger partial charge < -0.3 is 4.90 Å². The van der Waals surface area contributed by atoms with Gasteiger partial charge >= 0.3 is 0 Å². The van der Waals surface area contributed by atoms with E-state index in [1.165, 1.54) is 11.1 Å². The van der Waals surface area contributed by atoms with Crippen LogP contribution in [0.3, 0.4) is 0 Å². The van der Waals surface area contributed by atoms with E-state index in [4.69, 9.17) is 4.98 Å². The van der Waals surface area contributed by atoms with Crippen molar-refractivity contribution in [3.05, 3.63) is 75.3 Å². The molecule has 4 nitrogen and oxygen atoms in total. The standard InChI is InChI=1S/C25H30N2O2S2/c1-17-13-19(3)24(20(4)14-17)31(28,29)23-9-11-27(12-10-23)25-26-22(16-30-25)15-21-8-6-5-7-18(21)2/h5-8,13-14,16,23H,9-12,15H2,1-4H3. The van der Waals surface area contributed by atoms with E-state index in [0.29, 0.717) is 17.7 Å². The summed E-state index contributed by atoms with van der Waals surface area (Å²) in [5, 5.41) is 2.81. The maximum Gasteiger partial charge on any atom is 0.185 e. The van der Waals surface area contributed by atoms with Gasteiger partial charge in [-0.2, -0.15) is 0 Å². The van der Waals surface area contributed by atoms with Crippen molar-refractivity contribution in [2.75, 3.05) is 18.0 Å². The third-order valence-electron chi connectivity index (χ3n) is 6.21. The Morgan fingerprint density at radius 2 is 1.65 bits per heavy atom. The first-order chi connectivity index (χ1) is 14.8. The molecule has 0 spiro atoms. The van der Waals surface area contributed by atoms with Gasteiger partial charge in [0.15, 0.2) is 15.0 Å². The zero-order valence-electron chi connectivity index (χ0n) is 18.7. The van der Waals surface area contributed by atoms with E-state index in [1.807, 2.05) is 32.9 Å². The Kier molecular flexibility index (Phi) is 6.22. The second-order valence-corrected chi connectivity index (χ2v) is 11.7. The Bertz CT molecular complexity index is 1170. The zero-order valence-corrected chi connectivity index (χ0v) is 20.3. The van der Waals surface area contributed by atoms with Gasteiger partial charge in [-0.05, 0) is 62.8 Å². The summed E-state index contributed by atoms with van der Waals surface area (Å²) in [7, 11) is -3.33. The maximum absolute atomic E-state index is 13.4. The number of sulfone groups is 1. The molecule has 1 aliphatic heterocycles. The molecule has 6 heteroatoms. The molecule has 0 bridgehead atoms. The van der Waals surface area contributed by atoms with Crippen LogP contribution in [-0.2, 0) is 16.3 Å². The van der Waals surface area contributed by atoms with E-state index < -0.39 is 9.84 Å². The fraction of sp³-hybridized carbons (Fsp3) is 0.400.